The summed E-state index contributed by atoms with van der Waals surface area (Å²) in [6.07, 6.45) is 1.87. The van der Waals surface area contributed by atoms with Gasteiger partial charge in [-0.05, 0) is 30.0 Å². The van der Waals surface area contributed by atoms with Crippen molar-refractivity contribution < 1.29 is 0 Å². The molecule has 5 heteroatoms. The average molecular weight is 278 g/mol. The summed E-state index contributed by atoms with van der Waals surface area (Å²) in [5.41, 5.74) is 9.80. The minimum absolute atomic E-state index is 0.439. The number of nitrogens with two attached hydrogens (primary N) is 1. The van der Waals surface area contributed by atoms with Gasteiger partial charge in [-0.2, -0.15) is 0 Å². The maximum atomic E-state index is 6.10. The van der Waals surface area contributed by atoms with Crippen molar-refractivity contribution >= 4 is 28.6 Å². The smallest absolute Gasteiger partial charge is 0.140 e. The molecule has 0 aliphatic rings. The maximum Gasteiger partial charge on any atom is 0.140 e. The van der Waals surface area contributed by atoms with E-state index >= 15 is 0 Å². The Morgan fingerprint density at radius 2 is 2.33 bits per heavy atom. The maximum absolute atomic E-state index is 6.10. The molecule has 0 amide bonds. The van der Waals surface area contributed by atoms with Crippen molar-refractivity contribution in [2.75, 3.05) is 0 Å². The van der Waals surface area contributed by atoms with Gasteiger partial charge in [0.05, 0.1) is 15.6 Å². The van der Waals surface area contributed by atoms with Crippen molar-refractivity contribution in [3.8, 4) is 10.6 Å². The van der Waals surface area contributed by atoms with Crippen LogP contribution in [-0.4, -0.2) is 9.38 Å². The van der Waals surface area contributed by atoms with Crippen LogP contribution in [0.2, 0.25) is 5.02 Å². The van der Waals surface area contributed by atoms with Gasteiger partial charge in [-0.15, -0.1) is 11.3 Å². The Morgan fingerprint density at radius 1 is 1.50 bits per heavy atom. The van der Waals surface area contributed by atoms with Gasteiger partial charge in [0.25, 0.3) is 0 Å². The highest BCUT2D eigenvalue weighted by molar-refractivity contribution is 7.13. The number of rotatable bonds is 2. The van der Waals surface area contributed by atoms with Gasteiger partial charge in [-0.25, -0.2) is 4.98 Å². The third-order valence-electron chi connectivity index (χ3n) is 2.92. The van der Waals surface area contributed by atoms with E-state index in [1.54, 1.807) is 11.3 Å². The summed E-state index contributed by atoms with van der Waals surface area (Å²) < 4.78 is 1.99. The number of pyridine rings is 1. The van der Waals surface area contributed by atoms with Crippen LogP contribution in [0.15, 0.2) is 29.8 Å². The molecule has 0 saturated heterocycles. The molecule has 0 bridgehead atoms. The normalized spacial score (nSPS) is 11.3. The molecular weight excluding hydrogens is 266 g/mol. The molecule has 18 heavy (non-hydrogen) atoms. The lowest BCUT2D eigenvalue weighted by molar-refractivity contribution is 0.960. The molecule has 3 aromatic rings. The van der Waals surface area contributed by atoms with E-state index in [2.05, 4.69) is 6.07 Å². The van der Waals surface area contributed by atoms with Gasteiger partial charge >= 0.3 is 0 Å². The minimum atomic E-state index is 0.439. The highest BCUT2D eigenvalue weighted by Crippen LogP contribution is 2.30. The number of hydrogen-bond acceptors (Lipinski definition) is 3. The number of aryl methyl sites for hydroxylation is 1. The molecule has 0 unspecified atom stereocenters. The highest BCUT2D eigenvalue weighted by Gasteiger charge is 2.15. The number of thiophene rings is 1. The molecule has 3 rings (SSSR count). The quantitative estimate of drug-likeness (QED) is 0.779. The molecule has 0 radical (unpaired) electrons. The lowest BCUT2D eigenvalue weighted by Crippen LogP contribution is -2.02. The van der Waals surface area contributed by atoms with E-state index in [9.17, 15) is 0 Å². The Bertz CT molecular complexity index is 701. The average Bonchev–Trinajstić information content (AvgIpc) is 2.93. The van der Waals surface area contributed by atoms with Crippen molar-refractivity contribution in [2.24, 2.45) is 5.73 Å². The fourth-order valence-corrected chi connectivity index (χ4v) is 3.12. The van der Waals surface area contributed by atoms with Gasteiger partial charge in [0, 0.05) is 12.7 Å². The summed E-state index contributed by atoms with van der Waals surface area (Å²) in [6, 6.07) is 6.00. The number of aromatic nitrogens is 2. The number of imidazole rings is 1. The van der Waals surface area contributed by atoms with E-state index in [4.69, 9.17) is 22.3 Å². The fraction of sp³-hybridized carbons (Fsp3) is 0.154. The van der Waals surface area contributed by atoms with E-state index in [1.165, 1.54) is 0 Å². The predicted molar refractivity (Wildman–Crippen MR) is 76.1 cm³/mol. The zero-order chi connectivity index (χ0) is 12.7. The number of fused-ring (bicyclic) bond motifs is 1. The van der Waals surface area contributed by atoms with Crippen LogP contribution in [0, 0.1) is 6.92 Å². The first-order chi connectivity index (χ1) is 8.70. The second kappa shape index (κ2) is 4.39. The number of nitrogens with zero attached hydrogens (tertiary/aromatic N) is 2. The van der Waals surface area contributed by atoms with Gasteiger partial charge in [-0.1, -0.05) is 17.7 Å². The van der Waals surface area contributed by atoms with Crippen molar-refractivity contribution in [3.05, 3.63) is 46.1 Å². The minimum Gasteiger partial charge on any atom is -0.325 e. The summed E-state index contributed by atoms with van der Waals surface area (Å²) in [5.74, 6) is 0. The van der Waals surface area contributed by atoms with Crippen molar-refractivity contribution in [1.29, 1.82) is 0 Å². The predicted octanol–water partition coefficient (Wildman–Crippen LogP) is 3.48. The lowest BCUT2D eigenvalue weighted by Gasteiger charge is -2.02. The topological polar surface area (TPSA) is 43.3 Å². The Balaban J connectivity index is 2.37. The first kappa shape index (κ1) is 11.7. The molecule has 3 heterocycles. The monoisotopic (exact) mass is 277 g/mol. The third kappa shape index (κ3) is 1.73. The van der Waals surface area contributed by atoms with E-state index in [0.29, 0.717) is 11.6 Å². The van der Waals surface area contributed by atoms with Gasteiger partial charge in [-0.3, -0.25) is 0 Å². The van der Waals surface area contributed by atoms with E-state index in [-0.39, 0.29) is 0 Å². The molecule has 0 aromatic carbocycles. The fourth-order valence-electron chi connectivity index (χ4n) is 2.12. The Hall–Kier alpha value is -1.36. The van der Waals surface area contributed by atoms with E-state index in [1.807, 2.05) is 35.0 Å². The van der Waals surface area contributed by atoms with Crippen LogP contribution in [0.4, 0.5) is 0 Å². The van der Waals surface area contributed by atoms with Gasteiger partial charge in [0.2, 0.25) is 0 Å². The van der Waals surface area contributed by atoms with Gasteiger partial charge in [0.15, 0.2) is 0 Å². The van der Waals surface area contributed by atoms with Crippen LogP contribution in [0.3, 0.4) is 0 Å². The molecule has 92 valence electrons. The summed E-state index contributed by atoms with van der Waals surface area (Å²) in [4.78, 5) is 5.84. The first-order valence-corrected chi connectivity index (χ1v) is 6.87. The third-order valence-corrected chi connectivity index (χ3v) is 4.00. The highest BCUT2D eigenvalue weighted by atomic mass is 35.5. The molecule has 2 N–H and O–H groups in total. The van der Waals surface area contributed by atoms with Gasteiger partial charge < -0.3 is 10.1 Å². The van der Waals surface area contributed by atoms with Crippen molar-refractivity contribution in [3.63, 3.8) is 0 Å². The molecule has 0 atom stereocenters. The van der Waals surface area contributed by atoms with Crippen LogP contribution in [0.25, 0.3) is 16.2 Å². The zero-order valence-corrected chi connectivity index (χ0v) is 11.4. The van der Waals surface area contributed by atoms with Crippen molar-refractivity contribution in [1.82, 2.24) is 9.38 Å². The van der Waals surface area contributed by atoms with Gasteiger partial charge in [0.1, 0.15) is 11.3 Å². The van der Waals surface area contributed by atoms with Crippen LogP contribution in [0.1, 0.15) is 11.3 Å². The molecule has 0 aliphatic heterocycles. The molecule has 0 fully saturated rings. The van der Waals surface area contributed by atoms with Crippen LogP contribution < -0.4 is 5.73 Å². The summed E-state index contributed by atoms with van der Waals surface area (Å²) >= 11 is 7.77. The lowest BCUT2D eigenvalue weighted by atomic mass is 10.2. The SMILES string of the molecule is Cc1cc(Cl)cn2c(CN)c(-c3cccs3)nc12. The largest absolute Gasteiger partial charge is 0.325 e. The van der Waals surface area contributed by atoms with Crippen molar-refractivity contribution in [2.45, 2.75) is 13.5 Å². The second-order valence-electron chi connectivity index (χ2n) is 4.12. The summed E-state index contributed by atoms with van der Waals surface area (Å²) in [6.45, 7) is 2.45. The van der Waals surface area contributed by atoms with Crippen LogP contribution >= 0.6 is 22.9 Å². The molecule has 3 aromatic heterocycles. The van der Waals surface area contributed by atoms with E-state index < -0.39 is 0 Å². The zero-order valence-electron chi connectivity index (χ0n) is 9.85. The Morgan fingerprint density at radius 3 is 3.00 bits per heavy atom. The standard InChI is InChI=1S/C13H12ClN3S/c1-8-5-9(14)7-17-10(6-15)12(16-13(8)17)11-3-2-4-18-11/h2-5,7H,6,15H2,1H3. The van der Waals surface area contributed by atoms with E-state index in [0.717, 1.165) is 27.5 Å². The molecule has 0 spiro atoms. The Labute approximate surface area is 114 Å². The number of halogens is 1. The number of hydrogen-bond donors (Lipinski definition) is 1. The molecular formula is C13H12ClN3S. The summed E-state index contributed by atoms with van der Waals surface area (Å²) in [7, 11) is 0. The molecule has 3 nitrogen and oxygen atoms in total. The molecule has 0 saturated carbocycles. The van der Waals surface area contributed by atoms with Crippen LogP contribution in [0.5, 0.6) is 0 Å². The van der Waals surface area contributed by atoms with Crippen LogP contribution in [-0.2, 0) is 6.54 Å². The Kier molecular flexibility index (Phi) is 2.86. The summed E-state index contributed by atoms with van der Waals surface area (Å²) in [5, 5.41) is 2.74. The second-order valence-corrected chi connectivity index (χ2v) is 5.51. The molecule has 0 aliphatic carbocycles. The first-order valence-electron chi connectivity index (χ1n) is 5.61.